The Bertz CT molecular complexity index is 291. The molecule has 0 aromatic heterocycles. The molecule has 0 aromatic carbocycles. The zero-order valence-corrected chi connectivity index (χ0v) is 9.45. The molecule has 16 heavy (non-hydrogen) atoms. The van der Waals surface area contributed by atoms with E-state index in [-0.39, 0.29) is 17.9 Å². The van der Waals surface area contributed by atoms with Crippen LogP contribution < -0.4 is 11.1 Å². The number of piperidine rings is 1. The molecule has 0 saturated carbocycles. The average Bonchev–Trinajstić information content (AvgIpc) is 2.59. The van der Waals surface area contributed by atoms with Crippen molar-refractivity contribution in [1.29, 1.82) is 0 Å². The Labute approximate surface area is 95.3 Å². The summed E-state index contributed by atoms with van der Waals surface area (Å²) in [4.78, 5) is 24.8. The van der Waals surface area contributed by atoms with Crippen LogP contribution in [0.5, 0.6) is 0 Å². The van der Waals surface area contributed by atoms with Crippen LogP contribution in [-0.2, 0) is 9.59 Å². The quantitative estimate of drug-likeness (QED) is 0.633. The van der Waals surface area contributed by atoms with Crippen LogP contribution in [0.4, 0.5) is 0 Å². The van der Waals surface area contributed by atoms with Crippen LogP contribution in [0.25, 0.3) is 0 Å². The van der Waals surface area contributed by atoms with Crippen molar-refractivity contribution in [2.45, 2.75) is 31.7 Å². The van der Waals surface area contributed by atoms with Crippen LogP contribution in [0.15, 0.2) is 0 Å². The van der Waals surface area contributed by atoms with Crippen molar-refractivity contribution in [3.63, 3.8) is 0 Å². The van der Waals surface area contributed by atoms with E-state index in [9.17, 15) is 9.59 Å². The van der Waals surface area contributed by atoms with E-state index in [4.69, 9.17) is 5.73 Å². The highest BCUT2D eigenvalue weighted by Crippen LogP contribution is 2.23. The second-order valence-electron chi connectivity index (χ2n) is 4.71. The van der Waals surface area contributed by atoms with Gasteiger partial charge in [0, 0.05) is 6.54 Å². The lowest BCUT2D eigenvalue weighted by Crippen LogP contribution is -2.46. The van der Waals surface area contributed by atoms with Crippen LogP contribution in [0, 0.1) is 5.92 Å². The third-order valence-electron chi connectivity index (χ3n) is 3.51. The molecule has 5 heteroatoms. The average molecular weight is 225 g/mol. The molecule has 2 saturated heterocycles. The van der Waals surface area contributed by atoms with Gasteiger partial charge in [-0.15, -0.1) is 0 Å². The molecule has 90 valence electrons. The summed E-state index contributed by atoms with van der Waals surface area (Å²) >= 11 is 0. The van der Waals surface area contributed by atoms with Crippen molar-refractivity contribution in [2.75, 3.05) is 19.6 Å². The number of imide groups is 1. The Morgan fingerprint density at radius 1 is 1.44 bits per heavy atom. The standard InChI is InChI=1S/C11H19N3O2/c12-4-3-8-2-1-5-14(7-8)9-6-10(15)13-11(9)16/h8-9H,1-7,12H2,(H,13,15,16). The predicted octanol–water partition coefficient (Wildman–Crippen LogP) is -0.538. The summed E-state index contributed by atoms with van der Waals surface area (Å²) in [7, 11) is 0. The molecular weight excluding hydrogens is 206 g/mol. The van der Waals surface area contributed by atoms with Crippen molar-refractivity contribution < 1.29 is 9.59 Å². The first-order chi connectivity index (χ1) is 7.70. The zero-order valence-electron chi connectivity index (χ0n) is 9.45. The van der Waals surface area contributed by atoms with E-state index < -0.39 is 0 Å². The maximum atomic E-state index is 11.6. The molecule has 5 nitrogen and oxygen atoms in total. The number of hydrogen-bond donors (Lipinski definition) is 2. The summed E-state index contributed by atoms with van der Waals surface area (Å²) in [6, 6.07) is -0.229. The fourth-order valence-corrected chi connectivity index (χ4v) is 2.69. The fourth-order valence-electron chi connectivity index (χ4n) is 2.69. The molecule has 2 unspecified atom stereocenters. The van der Waals surface area contributed by atoms with Gasteiger partial charge in [-0.1, -0.05) is 0 Å². The fraction of sp³-hybridized carbons (Fsp3) is 0.818. The molecule has 0 aromatic rings. The number of carbonyl (C=O) groups is 2. The first-order valence-corrected chi connectivity index (χ1v) is 5.98. The van der Waals surface area contributed by atoms with E-state index in [1.807, 2.05) is 0 Å². The summed E-state index contributed by atoms with van der Waals surface area (Å²) in [6.07, 6.45) is 3.63. The molecule has 2 amide bonds. The van der Waals surface area contributed by atoms with Gasteiger partial charge in [0.25, 0.3) is 0 Å². The number of rotatable bonds is 3. The summed E-state index contributed by atoms with van der Waals surface area (Å²) in [6.45, 7) is 2.53. The summed E-state index contributed by atoms with van der Waals surface area (Å²) in [5.74, 6) is 0.316. The topological polar surface area (TPSA) is 75.4 Å². The highest BCUT2D eigenvalue weighted by atomic mass is 16.2. The van der Waals surface area contributed by atoms with E-state index in [0.29, 0.717) is 18.9 Å². The highest BCUT2D eigenvalue weighted by molar-refractivity contribution is 6.05. The van der Waals surface area contributed by atoms with Crippen LogP contribution in [0.3, 0.4) is 0 Å². The molecule has 2 aliphatic rings. The van der Waals surface area contributed by atoms with Gasteiger partial charge in [0.2, 0.25) is 11.8 Å². The largest absolute Gasteiger partial charge is 0.330 e. The Kier molecular flexibility index (Phi) is 3.56. The third-order valence-corrected chi connectivity index (χ3v) is 3.51. The van der Waals surface area contributed by atoms with Crippen LogP contribution in [-0.4, -0.2) is 42.4 Å². The molecule has 2 heterocycles. The summed E-state index contributed by atoms with van der Waals surface area (Å²) in [5, 5.41) is 2.37. The lowest BCUT2D eigenvalue weighted by atomic mass is 9.93. The number of carbonyl (C=O) groups excluding carboxylic acids is 2. The van der Waals surface area contributed by atoms with Gasteiger partial charge in [-0.2, -0.15) is 0 Å². The molecule has 0 bridgehead atoms. The van der Waals surface area contributed by atoms with Crippen molar-refractivity contribution in [2.24, 2.45) is 11.7 Å². The predicted molar refractivity (Wildman–Crippen MR) is 59.5 cm³/mol. The number of amides is 2. The minimum Gasteiger partial charge on any atom is -0.330 e. The molecule has 0 spiro atoms. The maximum Gasteiger partial charge on any atom is 0.244 e. The minimum absolute atomic E-state index is 0.126. The summed E-state index contributed by atoms with van der Waals surface area (Å²) < 4.78 is 0. The minimum atomic E-state index is -0.229. The van der Waals surface area contributed by atoms with Crippen LogP contribution >= 0.6 is 0 Å². The Balaban J connectivity index is 1.93. The van der Waals surface area contributed by atoms with Gasteiger partial charge in [0.05, 0.1) is 12.5 Å². The molecule has 0 aliphatic carbocycles. The maximum absolute atomic E-state index is 11.6. The SMILES string of the molecule is NCCC1CCCN(C2CC(=O)NC2=O)C1. The molecule has 2 aliphatic heterocycles. The lowest BCUT2D eigenvalue weighted by Gasteiger charge is -2.35. The highest BCUT2D eigenvalue weighted by Gasteiger charge is 2.37. The van der Waals surface area contributed by atoms with Crippen molar-refractivity contribution >= 4 is 11.8 Å². The van der Waals surface area contributed by atoms with Gasteiger partial charge in [0.1, 0.15) is 0 Å². The number of nitrogens with two attached hydrogens (primary N) is 1. The number of likely N-dealkylation sites (tertiary alicyclic amines) is 1. The van der Waals surface area contributed by atoms with E-state index in [2.05, 4.69) is 10.2 Å². The van der Waals surface area contributed by atoms with E-state index >= 15 is 0 Å². The number of nitrogens with one attached hydrogen (secondary N) is 1. The molecule has 2 atom stereocenters. The van der Waals surface area contributed by atoms with Gasteiger partial charge in [0.15, 0.2) is 0 Å². The Hall–Kier alpha value is -0.940. The molecule has 2 fully saturated rings. The Morgan fingerprint density at radius 3 is 2.88 bits per heavy atom. The molecular formula is C11H19N3O2. The number of nitrogens with zero attached hydrogens (tertiary/aromatic N) is 1. The van der Waals surface area contributed by atoms with E-state index in [1.54, 1.807) is 0 Å². The third kappa shape index (κ3) is 2.41. The Morgan fingerprint density at radius 2 is 2.25 bits per heavy atom. The van der Waals surface area contributed by atoms with Crippen LogP contribution in [0.2, 0.25) is 0 Å². The molecule has 2 rings (SSSR count). The monoisotopic (exact) mass is 225 g/mol. The second kappa shape index (κ2) is 4.93. The van der Waals surface area contributed by atoms with Crippen molar-refractivity contribution in [3.05, 3.63) is 0 Å². The van der Waals surface area contributed by atoms with Gasteiger partial charge in [-0.05, 0) is 38.3 Å². The lowest BCUT2D eigenvalue weighted by molar-refractivity contribution is -0.126. The first-order valence-electron chi connectivity index (χ1n) is 5.98. The van der Waals surface area contributed by atoms with Gasteiger partial charge >= 0.3 is 0 Å². The van der Waals surface area contributed by atoms with Crippen molar-refractivity contribution in [1.82, 2.24) is 10.2 Å². The normalized spacial score (nSPS) is 31.8. The number of hydrogen-bond acceptors (Lipinski definition) is 4. The van der Waals surface area contributed by atoms with Crippen LogP contribution in [0.1, 0.15) is 25.7 Å². The van der Waals surface area contributed by atoms with Gasteiger partial charge in [-0.3, -0.25) is 19.8 Å². The second-order valence-corrected chi connectivity index (χ2v) is 4.71. The zero-order chi connectivity index (χ0) is 11.5. The van der Waals surface area contributed by atoms with Crippen molar-refractivity contribution in [3.8, 4) is 0 Å². The molecule has 0 radical (unpaired) electrons. The van der Waals surface area contributed by atoms with E-state index in [0.717, 1.165) is 25.9 Å². The smallest absolute Gasteiger partial charge is 0.244 e. The first kappa shape index (κ1) is 11.5. The molecule has 3 N–H and O–H groups in total. The van der Waals surface area contributed by atoms with E-state index in [1.165, 1.54) is 6.42 Å². The van der Waals surface area contributed by atoms with Gasteiger partial charge in [-0.25, -0.2) is 0 Å². The summed E-state index contributed by atoms with van der Waals surface area (Å²) in [5.41, 5.74) is 5.56. The van der Waals surface area contributed by atoms with Gasteiger partial charge < -0.3 is 5.73 Å².